The van der Waals surface area contributed by atoms with Crippen LogP contribution in [0.5, 0.6) is 5.75 Å². The lowest BCUT2D eigenvalue weighted by Crippen LogP contribution is -2.16. The summed E-state index contributed by atoms with van der Waals surface area (Å²) in [7, 11) is 1.50. The number of esters is 1. The number of carbonyl (C=O) groups excluding carboxylic acids is 2. The first-order chi connectivity index (χ1) is 14.8. The number of nitrogens with one attached hydrogen (secondary N) is 2. The predicted molar refractivity (Wildman–Crippen MR) is 119 cm³/mol. The molecular weight excluding hydrogens is 442 g/mol. The second-order valence-electron chi connectivity index (χ2n) is 6.27. The maximum absolute atomic E-state index is 12.7. The molecule has 3 aromatic rings. The fourth-order valence-corrected chi connectivity index (χ4v) is 3.68. The average Bonchev–Trinajstić information content (AvgIpc) is 3.08. The van der Waals surface area contributed by atoms with Gasteiger partial charge in [-0.1, -0.05) is 22.9 Å². The van der Waals surface area contributed by atoms with E-state index in [-0.39, 0.29) is 18.1 Å². The van der Waals surface area contributed by atoms with Crippen LogP contribution in [0.4, 0.5) is 16.8 Å². The van der Waals surface area contributed by atoms with Crippen molar-refractivity contribution in [3.8, 4) is 5.75 Å². The van der Waals surface area contributed by atoms with Crippen LogP contribution in [0, 0.1) is 13.8 Å². The van der Waals surface area contributed by atoms with Gasteiger partial charge in [0.25, 0.3) is 5.91 Å². The van der Waals surface area contributed by atoms with Crippen molar-refractivity contribution in [1.29, 1.82) is 0 Å². The molecule has 3 rings (SSSR count). The van der Waals surface area contributed by atoms with Crippen molar-refractivity contribution in [3.63, 3.8) is 0 Å². The Morgan fingerprint density at radius 3 is 2.65 bits per heavy atom. The number of aromatic nitrogens is 3. The van der Waals surface area contributed by atoms with E-state index in [0.717, 1.165) is 11.3 Å². The summed E-state index contributed by atoms with van der Waals surface area (Å²) in [5.41, 5.74) is 1.73. The highest BCUT2D eigenvalue weighted by Crippen LogP contribution is 2.29. The number of halogens is 1. The molecule has 0 aliphatic carbocycles. The van der Waals surface area contributed by atoms with Crippen molar-refractivity contribution in [2.75, 3.05) is 24.4 Å². The molecule has 0 aliphatic rings. The first-order valence-electron chi connectivity index (χ1n) is 9.22. The number of nitrogens with zero attached hydrogens (tertiary/aromatic N) is 3. The summed E-state index contributed by atoms with van der Waals surface area (Å²) >= 11 is 7.15. The lowest BCUT2D eigenvalue weighted by atomic mass is 10.2. The first kappa shape index (κ1) is 22.4. The molecule has 0 fully saturated rings. The number of anilines is 3. The van der Waals surface area contributed by atoms with Crippen LogP contribution in [0.3, 0.4) is 0 Å². The van der Waals surface area contributed by atoms with Crippen LogP contribution < -0.4 is 15.4 Å². The maximum Gasteiger partial charge on any atom is 0.350 e. The van der Waals surface area contributed by atoms with Crippen molar-refractivity contribution in [2.24, 2.45) is 0 Å². The van der Waals surface area contributed by atoms with Crippen LogP contribution in [0.2, 0.25) is 5.02 Å². The van der Waals surface area contributed by atoms with E-state index in [4.69, 9.17) is 21.1 Å². The number of amides is 1. The molecule has 1 aromatic carbocycles. The fourth-order valence-electron chi connectivity index (χ4n) is 2.65. The standard InChI is InChI=1S/C20H20ClN5O4S/c1-5-30-18(28)16-11(3)24-20(31-16)26-19-22-9-13(10(2)23-19)17(27)25-14-8-12(21)6-7-15(14)29-4/h6-9H,5H2,1-4H3,(H,25,27)(H,22,23,24,26). The van der Waals surface area contributed by atoms with E-state index in [1.54, 1.807) is 39.0 Å². The Balaban J connectivity index is 1.76. The average molecular weight is 462 g/mol. The molecule has 0 spiro atoms. The second-order valence-corrected chi connectivity index (χ2v) is 7.71. The molecule has 0 bridgehead atoms. The highest BCUT2D eigenvalue weighted by Gasteiger charge is 2.18. The Morgan fingerprint density at radius 2 is 1.97 bits per heavy atom. The van der Waals surface area contributed by atoms with Gasteiger partial charge in [-0.25, -0.2) is 19.7 Å². The summed E-state index contributed by atoms with van der Waals surface area (Å²) in [6.45, 7) is 5.43. The number of thiazole rings is 1. The van der Waals surface area contributed by atoms with Gasteiger partial charge in [-0.15, -0.1) is 0 Å². The van der Waals surface area contributed by atoms with Gasteiger partial charge in [0.05, 0.1) is 36.4 Å². The van der Waals surface area contributed by atoms with E-state index in [0.29, 0.717) is 37.9 Å². The fraction of sp³-hybridized carbons (Fsp3) is 0.250. The van der Waals surface area contributed by atoms with Crippen LogP contribution in [0.1, 0.15) is 38.3 Å². The summed E-state index contributed by atoms with van der Waals surface area (Å²) in [5, 5.41) is 6.61. The summed E-state index contributed by atoms with van der Waals surface area (Å²) in [6, 6.07) is 4.92. The number of ether oxygens (including phenoxy) is 2. The Hall–Kier alpha value is -3.24. The highest BCUT2D eigenvalue weighted by atomic mass is 35.5. The SMILES string of the molecule is CCOC(=O)c1sc(Nc2ncc(C(=O)Nc3cc(Cl)ccc3OC)c(C)n2)nc1C. The number of hydrogen-bond donors (Lipinski definition) is 2. The van der Waals surface area contributed by atoms with E-state index in [2.05, 4.69) is 25.6 Å². The highest BCUT2D eigenvalue weighted by molar-refractivity contribution is 7.17. The van der Waals surface area contributed by atoms with Crippen molar-refractivity contribution < 1.29 is 19.1 Å². The second kappa shape index (κ2) is 9.71. The summed E-state index contributed by atoms with van der Waals surface area (Å²) in [4.78, 5) is 37.9. The number of methoxy groups -OCH3 is 1. The van der Waals surface area contributed by atoms with Gasteiger partial charge >= 0.3 is 5.97 Å². The number of rotatable bonds is 7. The monoisotopic (exact) mass is 461 g/mol. The van der Waals surface area contributed by atoms with Gasteiger partial charge in [0, 0.05) is 11.2 Å². The Kier molecular flexibility index (Phi) is 7.03. The van der Waals surface area contributed by atoms with Crippen LogP contribution in [0.25, 0.3) is 0 Å². The zero-order valence-corrected chi connectivity index (χ0v) is 18.8. The molecule has 2 heterocycles. The molecular formula is C20H20ClN5O4S. The largest absolute Gasteiger partial charge is 0.495 e. The van der Waals surface area contributed by atoms with Crippen molar-refractivity contribution in [2.45, 2.75) is 20.8 Å². The van der Waals surface area contributed by atoms with Gasteiger partial charge in [0.2, 0.25) is 5.95 Å². The topological polar surface area (TPSA) is 115 Å². The molecule has 0 radical (unpaired) electrons. The Bertz CT molecular complexity index is 1130. The lowest BCUT2D eigenvalue weighted by Gasteiger charge is -2.12. The number of hydrogen-bond acceptors (Lipinski definition) is 9. The zero-order valence-electron chi connectivity index (χ0n) is 17.3. The third-order valence-electron chi connectivity index (χ3n) is 4.11. The van der Waals surface area contributed by atoms with E-state index in [9.17, 15) is 9.59 Å². The van der Waals surface area contributed by atoms with Gasteiger partial charge in [-0.05, 0) is 39.0 Å². The zero-order chi connectivity index (χ0) is 22.5. The molecule has 9 nitrogen and oxygen atoms in total. The Labute approximate surface area is 187 Å². The smallest absolute Gasteiger partial charge is 0.350 e. The summed E-state index contributed by atoms with van der Waals surface area (Å²) in [5.74, 6) is -0.102. The van der Waals surface area contributed by atoms with E-state index >= 15 is 0 Å². The molecule has 162 valence electrons. The van der Waals surface area contributed by atoms with Gasteiger partial charge in [0.15, 0.2) is 5.13 Å². The predicted octanol–water partition coefficient (Wildman–Crippen LogP) is 4.38. The van der Waals surface area contributed by atoms with Crippen molar-refractivity contribution >= 4 is 51.6 Å². The Morgan fingerprint density at radius 1 is 1.19 bits per heavy atom. The van der Waals surface area contributed by atoms with Gasteiger partial charge in [-0.3, -0.25) is 4.79 Å². The molecule has 2 N–H and O–H groups in total. The minimum absolute atomic E-state index is 0.249. The van der Waals surface area contributed by atoms with Gasteiger partial charge < -0.3 is 20.1 Å². The molecule has 0 aliphatic heterocycles. The van der Waals surface area contributed by atoms with E-state index in [1.165, 1.54) is 13.3 Å². The van der Waals surface area contributed by atoms with E-state index in [1.807, 2.05) is 0 Å². The van der Waals surface area contributed by atoms with Crippen LogP contribution in [-0.2, 0) is 4.74 Å². The number of carbonyl (C=O) groups is 2. The minimum atomic E-state index is -0.425. The minimum Gasteiger partial charge on any atom is -0.495 e. The third-order valence-corrected chi connectivity index (χ3v) is 5.40. The van der Waals surface area contributed by atoms with Gasteiger partial charge in [0.1, 0.15) is 10.6 Å². The van der Waals surface area contributed by atoms with Gasteiger partial charge in [-0.2, -0.15) is 0 Å². The molecule has 0 saturated heterocycles. The van der Waals surface area contributed by atoms with Crippen molar-refractivity contribution in [3.05, 3.63) is 51.2 Å². The normalized spacial score (nSPS) is 10.5. The lowest BCUT2D eigenvalue weighted by molar-refractivity contribution is 0.0531. The van der Waals surface area contributed by atoms with Crippen LogP contribution in [0.15, 0.2) is 24.4 Å². The van der Waals surface area contributed by atoms with Crippen LogP contribution >= 0.6 is 22.9 Å². The van der Waals surface area contributed by atoms with Crippen LogP contribution in [-0.4, -0.2) is 40.5 Å². The summed E-state index contributed by atoms with van der Waals surface area (Å²) in [6.07, 6.45) is 1.41. The maximum atomic E-state index is 12.7. The summed E-state index contributed by atoms with van der Waals surface area (Å²) < 4.78 is 10.3. The molecule has 31 heavy (non-hydrogen) atoms. The molecule has 2 aromatic heterocycles. The third kappa shape index (κ3) is 5.28. The van der Waals surface area contributed by atoms with E-state index < -0.39 is 11.9 Å². The first-order valence-corrected chi connectivity index (χ1v) is 10.4. The van der Waals surface area contributed by atoms with Crippen molar-refractivity contribution in [1.82, 2.24) is 15.0 Å². The number of benzene rings is 1. The molecule has 0 unspecified atom stereocenters. The quantitative estimate of drug-likeness (QED) is 0.498. The molecule has 0 saturated carbocycles. The molecule has 11 heteroatoms. The number of aryl methyl sites for hydroxylation is 2. The molecule has 1 amide bonds. The molecule has 0 atom stereocenters.